The number of nitrogens with zero attached hydrogens (tertiary/aromatic N) is 1. The van der Waals surface area contributed by atoms with Crippen LogP contribution in [-0.4, -0.2) is 46.0 Å². The van der Waals surface area contributed by atoms with Crippen LogP contribution in [0.15, 0.2) is 61.2 Å². The van der Waals surface area contributed by atoms with E-state index >= 15 is 0 Å². The summed E-state index contributed by atoms with van der Waals surface area (Å²) in [5.74, 6) is -0.665. The molecule has 2 aromatic carbocycles. The lowest BCUT2D eigenvalue weighted by atomic mass is 9.90. The van der Waals surface area contributed by atoms with E-state index in [1.807, 2.05) is 89.2 Å². The largest absolute Gasteiger partial charge is 0.444 e. The predicted molar refractivity (Wildman–Crippen MR) is 157 cm³/mol. The van der Waals surface area contributed by atoms with Gasteiger partial charge in [0, 0.05) is 18.0 Å². The van der Waals surface area contributed by atoms with Crippen molar-refractivity contribution in [3.8, 4) is 0 Å². The first-order valence-corrected chi connectivity index (χ1v) is 13.6. The average Bonchev–Trinajstić information content (AvgIpc) is 2.85. The quantitative estimate of drug-likeness (QED) is 0.367. The number of rotatable bonds is 11. The third-order valence-electron chi connectivity index (χ3n) is 6.43. The Morgan fingerprint density at radius 3 is 2.15 bits per heavy atom. The summed E-state index contributed by atoms with van der Waals surface area (Å²) in [6.45, 7) is 18.8. The van der Waals surface area contributed by atoms with Crippen molar-refractivity contribution in [3.63, 3.8) is 0 Å². The molecule has 0 fully saturated rings. The number of carbonyl (C=O) groups is 3. The Balaban J connectivity index is 2.68. The van der Waals surface area contributed by atoms with Gasteiger partial charge in [-0.2, -0.15) is 0 Å². The zero-order valence-corrected chi connectivity index (χ0v) is 24.7. The molecule has 0 saturated heterocycles. The molecule has 0 radical (unpaired) electrons. The molecule has 0 heterocycles. The standard InChI is InChI=1S/C32H45N3O4/c1-10-23-18-15-19-25(20-23)27(28(36)33-22(3)4)35(32(8,9)11-2)29(37)26(21-24-16-13-12-14-17-24)34-30(38)39-31(5,6)7/h10,12-20,22,26-27H,1,11,21H2,2-9H3,(H,33,36)(H,34,38). The second-order valence-electron chi connectivity index (χ2n) is 11.7. The Bertz CT molecular complexity index is 1140. The van der Waals surface area contributed by atoms with Crippen LogP contribution in [0.1, 0.15) is 84.5 Å². The molecule has 0 spiro atoms. The van der Waals surface area contributed by atoms with Crippen molar-refractivity contribution in [3.05, 3.63) is 77.9 Å². The molecule has 2 unspecified atom stereocenters. The molecule has 0 aliphatic heterocycles. The molecular weight excluding hydrogens is 490 g/mol. The van der Waals surface area contributed by atoms with E-state index in [9.17, 15) is 14.4 Å². The second-order valence-corrected chi connectivity index (χ2v) is 11.7. The first-order chi connectivity index (χ1) is 18.2. The number of benzene rings is 2. The Hall–Kier alpha value is -3.61. The lowest BCUT2D eigenvalue weighted by molar-refractivity contribution is -0.149. The van der Waals surface area contributed by atoms with Crippen molar-refractivity contribution in [2.24, 2.45) is 0 Å². The fourth-order valence-corrected chi connectivity index (χ4v) is 4.25. The van der Waals surface area contributed by atoms with Crippen LogP contribution >= 0.6 is 0 Å². The number of carbonyl (C=O) groups excluding carboxylic acids is 3. The van der Waals surface area contributed by atoms with Gasteiger partial charge in [-0.1, -0.05) is 68.1 Å². The van der Waals surface area contributed by atoms with E-state index in [1.165, 1.54) is 0 Å². The minimum Gasteiger partial charge on any atom is -0.444 e. The fourth-order valence-electron chi connectivity index (χ4n) is 4.25. The Kier molecular flexibility index (Phi) is 10.9. The predicted octanol–water partition coefficient (Wildman–Crippen LogP) is 6.05. The normalized spacial score (nSPS) is 13.3. The molecule has 0 aliphatic rings. The van der Waals surface area contributed by atoms with E-state index < -0.39 is 29.3 Å². The topological polar surface area (TPSA) is 87.7 Å². The number of ether oxygens (including phenoxy) is 1. The van der Waals surface area contributed by atoms with Crippen LogP contribution in [0.25, 0.3) is 6.08 Å². The minimum absolute atomic E-state index is 0.135. The fraction of sp³-hybridized carbons (Fsp3) is 0.469. The van der Waals surface area contributed by atoms with Crippen LogP contribution in [0.4, 0.5) is 4.79 Å². The lowest BCUT2D eigenvalue weighted by Crippen LogP contribution is -2.60. The van der Waals surface area contributed by atoms with Crippen molar-refractivity contribution in [1.29, 1.82) is 0 Å². The summed E-state index contributed by atoms with van der Waals surface area (Å²) in [6, 6.07) is 14.9. The Morgan fingerprint density at radius 2 is 1.62 bits per heavy atom. The highest BCUT2D eigenvalue weighted by molar-refractivity contribution is 5.93. The monoisotopic (exact) mass is 535 g/mol. The van der Waals surface area contributed by atoms with Crippen molar-refractivity contribution >= 4 is 24.0 Å². The highest BCUT2D eigenvalue weighted by atomic mass is 16.6. The summed E-state index contributed by atoms with van der Waals surface area (Å²) in [5.41, 5.74) is 0.904. The van der Waals surface area contributed by atoms with Gasteiger partial charge in [0.05, 0.1) is 0 Å². The molecule has 0 saturated carbocycles. The van der Waals surface area contributed by atoms with Crippen molar-refractivity contribution < 1.29 is 19.1 Å². The molecule has 7 heteroatoms. The molecule has 212 valence electrons. The maximum Gasteiger partial charge on any atom is 0.408 e. The molecule has 0 bridgehead atoms. The number of hydrogen-bond donors (Lipinski definition) is 2. The first-order valence-electron chi connectivity index (χ1n) is 13.6. The number of amides is 3. The smallest absolute Gasteiger partial charge is 0.408 e. The molecule has 2 N–H and O–H groups in total. The van der Waals surface area contributed by atoms with Crippen molar-refractivity contribution in [2.75, 3.05) is 0 Å². The van der Waals surface area contributed by atoms with Gasteiger partial charge in [0.25, 0.3) is 0 Å². The summed E-state index contributed by atoms with van der Waals surface area (Å²) < 4.78 is 5.51. The van der Waals surface area contributed by atoms with E-state index in [0.29, 0.717) is 12.0 Å². The van der Waals surface area contributed by atoms with Crippen molar-refractivity contribution in [1.82, 2.24) is 15.5 Å². The summed E-state index contributed by atoms with van der Waals surface area (Å²) >= 11 is 0. The van der Waals surface area contributed by atoms with E-state index in [0.717, 1.165) is 11.1 Å². The second kappa shape index (κ2) is 13.5. The maximum atomic E-state index is 14.6. The summed E-state index contributed by atoms with van der Waals surface area (Å²) in [7, 11) is 0. The van der Waals surface area contributed by atoms with Gasteiger partial charge in [-0.05, 0) is 77.6 Å². The molecular formula is C32H45N3O4. The van der Waals surface area contributed by atoms with E-state index in [4.69, 9.17) is 4.74 Å². The van der Waals surface area contributed by atoms with Crippen molar-refractivity contribution in [2.45, 2.75) is 97.5 Å². The Labute approximate surface area is 234 Å². The van der Waals surface area contributed by atoms with Crippen LogP contribution in [0.3, 0.4) is 0 Å². The Morgan fingerprint density at radius 1 is 0.974 bits per heavy atom. The maximum absolute atomic E-state index is 14.6. The van der Waals surface area contributed by atoms with Gasteiger partial charge in [0.1, 0.15) is 17.7 Å². The molecule has 39 heavy (non-hydrogen) atoms. The van der Waals surface area contributed by atoms with E-state index in [-0.39, 0.29) is 24.3 Å². The number of alkyl carbamates (subject to hydrolysis) is 1. The van der Waals surface area contributed by atoms with E-state index in [2.05, 4.69) is 17.2 Å². The summed E-state index contributed by atoms with van der Waals surface area (Å²) in [4.78, 5) is 42.9. The van der Waals surface area contributed by atoms with Crippen LogP contribution in [0, 0.1) is 0 Å². The molecule has 2 rings (SSSR count). The molecule has 0 aromatic heterocycles. The van der Waals surface area contributed by atoms with Gasteiger partial charge in [0.15, 0.2) is 0 Å². The highest BCUT2D eigenvalue weighted by Crippen LogP contribution is 2.33. The number of nitrogens with one attached hydrogen (secondary N) is 2. The lowest BCUT2D eigenvalue weighted by Gasteiger charge is -2.45. The molecule has 7 nitrogen and oxygen atoms in total. The molecule has 0 aliphatic carbocycles. The number of hydrogen-bond acceptors (Lipinski definition) is 4. The first kappa shape index (κ1) is 31.6. The van der Waals surface area contributed by atoms with E-state index in [1.54, 1.807) is 31.7 Å². The zero-order chi connectivity index (χ0) is 29.4. The van der Waals surface area contributed by atoms with Gasteiger partial charge in [-0.15, -0.1) is 0 Å². The third kappa shape index (κ3) is 9.27. The van der Waals surface area contributed by atoms with Gasteiger partial charge >= 0.3 is 6.09 Å². The van der Waals surface area contributed by atoms with Gasteiger partial charge in [0.2, 0.25) is 11.8 Å². The van der Waals surface area contributed by atoms with Gasteiger partial charge in [-0.3, -0.25) is 9.59 Å². The van der Waals surface area contributed by atoms with Gasteiger partial charge in [-0.25, -0.2) is 4.79 Å². The zero-order valence-electron chi connectivity index (χ0n) is 24.7. The summed E-state index contributed by atoms with van der Waals surface area (Å²) in [5, 5.41) is 5.81. The van der Waals surface area contributed by atoms with Crippen LogP contribution < -0.4 is 10.6 Å². The SMILES string of the molecule is C=Cc1cccc(C(C(=O)NC(C)C)N(C(=O)C(Cc2ccccc2)NC(=O)OC(C)(C)C)C(C)(C)CC)c1. The molecule has 2 aromatic rings. The highest BCUT2D eigenvalue weighted by Gasteiger charge is 2.43. The average molecular weight is 536 g/mol. The molecule has 3 amide bonds. The third-order valence-corrected chi connectivity index (χ3v) is 6.43. The minimum atomic E-state index is -0.968. The van der Waals surface area contributed by atoms with Gasteiger partial charge < -0.3 is 20.3 Å². The van der Waals surface area contributed by atoms with Crippen LogP contribution in [0.5, 0.6) is 0 Å². The van der Waals surface area contributed by atoms with Crippen LogP contribution in [0.2, 0.25) is 0 Å². The molecule has 2 atom stereocenters. The summed E-state index contributed by atoms with van der Waals surface area (Å²) in [6.07, 6.45) is 1.83. The van der Waals surface area contributed by atoms with Crippen LogP contribution in [-0.2, 0) is 20.7 Å².